The molecule has 18 heavy (non-hydrogen) atoms. The summed E-state index contributed by atoms with van der Waals surface area (Å²) in [6.07, 6.45) is 0.356. The van der Waals surface area contributed by atoms with E-state index in [4.69, 9.17) is 16.2 Å². The fraction of sp³-hybridized carbons (Fsp3) is 0.818. The lowest BCUT2D eigenvalue weighted by atomic mass is 9.54. The first-order valence-corrected chi connectivity index (χ1v) is 5.86. The van der Waals surface area contributed by atoms with Crippen LogP contribution in [0.15, 0.2) is 0 Å². The minimum Gasteiger partial charge on any atom is -0.378 e. The number of ether oxygens (including phenoxy) is 1. The Morgan fingerprint density at radius 1 is 1.44 bits per heavy atom. The summed E-state index contributed by atoms with van der Waals surface area (Å²) in [6, 6.07) is 0. The van der Waals surface area contributed by atoms with Crippen LogP contribution in [0.3, 0.4) is 0 Å². The van der Waals surface area contributed by atoms with Crippen molar-refractivity contribution in [3.8, 4) is 0 Å². The summed E-state index contributed by atoms with van der Waals surface area (Å²) < 4.78 is 5.51. The number of rotatable bonds is 6. The highest BCUT2D eigenvalue weighted by Crippen LogP contribution is 2.49. The van der Waals surface area contributed by atoms with Gasteiger partial charge in [0.05, 0.1) is 6.10 Å². The fourth-order valence-electron chi connectivity index (χ4n) is 2.08. The van der Waals surface area contributed by atoms with Gasteiger partial charge in [0, 0.05) is 18.4 Å². The van der Waals surface area contributed by atoms with Gasteiger partial charge in [0.25, 0.3) is 5.91 Å². The van der Waals surface area contributed by atoms with E-state index in [-0.39, 0.29) is 12.7 Å². The quantitative estimate of drug-likeness (QED) is 0.532. The second kappa shape index (κ2) is 5.21. The minimum absolute atomic E-state index is 0.0607. The van der Waals surface area contributed by atoms with Gasteiger partial charge in [-0.05, 0) is 6.92 Å². The summed E-state index contributed by atoms with van der Waals surface area (Å²) in [5.74, 6) is -1.13. The lowest BCUT2D eigenvalue weighted by molar-refractivity contribution is -0.180. The molecule has 1 rings (SSSR count). The average Bonchev–Trinajstić information content (AvgIpc) is 2.27. The van der Waals surface area contributed by atoms with Crippen molar-refractivity contribution in [2.45, 2.75) is 38.8 Å². The number of primary amides is 1. The van der Waals surface area contributed by atoms with E-state index in [9.17, 15) is 9.59 Å². The number of carbonyl (C=O) groups is 2. The average molecular weight is 259 g/mol. The van der Waals surface area contributed by atoms with Crippen molar-refractivity contribution in [2.24, 2.45) is 16.9 Å². The molecule has 5 N–H and O–H groups in total. The lowest BCUT2D eigenvalue weighted by Crippen LogP contribution is -2.75. The molecule has 0 spiro atoms. The topological polar surface area (TPSA) is 117 Å². The summed E-state index contributed by atoms with van der Waals surface area (Å²) >= 11 is 0. The first-order chi connectivity index (χ1) is 8.25. The number of amides is 2. The van der Waals surface area contributed by atoms with Gasteiger partial charge >= 0.3 is 0 Å². The Hall–Kier alpha value is -1.18. The number of hydroxylamine groups is 1. The molecule has 0 heterocycles. The van der Waals surface area contributed by atoms with Crippen LogP contribution in [0.5, 0.6) is 0 Å². The Labute approximate surface area is 106 Å². The van der Waals surface area contributed by atoms with Crippen LogP contribution >= 0.6 is 0 Å². The van der Waals surface area contributed by atoms with Gasteiger partial charge in [-0.15, -0.1) is 0 Å². The third-order valence-electron chi connectivity index (χ3n) is 3.61. The maximum absolute atomic E-state index is 11.9. The van der Waals surface area contributed by atoms with Crippen molar-refractivity contribution in [3.05, 3.63) is 0 Å². The lowest BCUT2D eigenvalue weighted by Gasteiger charge is -2.57. The molecule has 0 radical (unpaired) electrons. The van der Waals surface area contributed by atoms with Gasteiger partial charge in [-0.25, -0.2) is 5.48 Å². The molecule has 0 aliphatic heterocycles. The van der Waals surface area contributed by atoms with Gasteiger partial charge in [-0.1, -0.05) is 13.8 Å². The molecule has 7 heteroatoms. The molecule has 0 aromatic carbocycles. The van der Waals surface area contributed by atoms with E-state index in [0.29, 0.717) is 13.0 Å². The molecular weight excluding hydrogens is 238 g/mol. The van der Waals surface area contributed by atoms with Crippen LogP contribution in [-0.4, -0.2) is 36.7 Å². The molecule has 1 aliphatic carbocycles. The minimum atomic E-state index is -1.06. The van der Waals surface area contributed by atoms with Crippen molar-refractivity contribution in [1.82, 2.24) is 5.48 Å². The van der Waals surface area contributed by atoms with Crippen LogP contribution in [0.2, 0.25) is 0 Å². The van der Waals surface area contributed by atoms with Crippen LogP contribution in [0, 0.1) is 5.41 Å². The van der Waals surface area contributed by atoms with Gasteiger partial charge < -0.3 is 16.2 Å². The Kier molecular flexibility index (Phi) is 4.31. The van der Waals surface area contributed by atoms with Crippen molar-refractivity contribution < 1.29 is 19.2 Å². The zero-order valence-corrected chi connectivity index (χ0v) is 11.0. The largest absolute Gasteiger partial charge is 0.378 e. The van der Waals surface area contributed by atoms with Gasteiger partial charge in [-0.3, -0.25) is 14.4 Å². The van der Waals surface area contributed by atoms with Crippen LogP contribution in [0.1, 0.15) is 27.2 Å². The van der Waals surface area contributed by atoms with Gasteiger partial charge in [0.15, 0.2) is 6.61 Å². The molecule has 0 aromatic rings. The predicted octanol–water partition coefficient (Wildman–Crippen LogP) is -0.948. The molecule has 0 aromatic heterocycles. The second-order valence-electron chi connectivity index (χ2n) is 5.03. The third kappa shape index (κ3) is 2.47. The summed E-state index contributed by atoms with van der Waals surface area (Å²) in [5, 5.41) is 0. The molecule has 7 nitrogen and oxygen atoms in total. The summed E-state index contributed by atoms with van der Waals surface area (Å²) in [6.45, 7) is 5.82. The summed E-state index contributed by atoms with van der Waals surface area (Å²) in [5.41, 5.74) is 11.5. The summed E-state index contributed by atoms with van der Waals surface area (Å²) in [7, 11) is 0. The number of nitrogens with one attached hydrogen (secondary N) is 1. The Balaban J connectivity index is 2.55. The van der Waals surface area contributed by atoms with Crippen molar-refractivity contribution >= 4 is 11.8 Å². The molecular formula is C11H21N3O4. The molecule has 1 saturated carbocycles. The van der Waals surface area contributed by atoms with Crippen molar-refractivity contribution in [2.75, 3.05) is 13.2 Å². The molecule has 2 amide bonds. The molecule has 0 bridgehead atoms. The maximum Gasteiger partial charge on any atom is 0.264 e. The Morgan fingerprint density at radius 2 is 2.06 bits per heavy atom. The predicted molar refractivity (Wildman–Crippen MR) is 64.0 cm³/mol. The smallest absolute Gasteiger partial charge is 0.264 e. The third-order valence-corrected chi connectivity index (χ3v) is 3.61. The molecule has 1 fully saturated rings. The SMILES string of the molecule is CCOC1CC(N)(C(=O)NOCC(N)=O)C1(C)C. The van der Waals surface area contributed by atoms with Crippen LogP contribution in [0.4, 0.5) is 0 Å². The van der Waals surface area contributed by atoms with Crippen LogP contribution < -0.4 is 16.9 Å². The maximum atomic E-state index is 11.9. The molecule has 104 valence electrons. The number of hydrogen-bond donors (Lipinski definition) is 3. The van der Waals surface area contributed by atoms with E-state index in [2.05, 4.69) is 10.3 Å². The van der Waals surface area contributed by atoms with E-state index >= 15 is 0 Å². The first kappa shape index (κ1) is 14.9. The molecule has 1 aliphatic rings. The van der Waals surface area contributed by atoms with E-state index in [1.165, 1.54) is 0 Å². The second-order valence-corrected chi connectivity index (χ2v) is 5.03. The van der Waals surface area contributed by atoms with Crippen molar-refractivity contribution in [1.29, 1.82) is 0 Å². The zero-order chi connectivity index (χ0) is 14.0. The highest BCUT2D eigenvalue weighted by atomic mass is 16.7. The standard InChI is InChI=1S/C11H21N3O4/c1-4-17-7-5-11(13,10(7,2)3)9(16)14-18-6-8(12)15/h7H,4-6,13H2,1-3H3,(H2,12,15)(H,14,16). The van der Waals surface area contributed by atoms with Crippen LogP contribution in [0.25, 0.3) is 0 Å². The zero-order valence-electron chi connectivity index (χ0n) is 11.0. The van der Waals surface area contributed by atoms with E-state index in [1.54, 1.807) is 0 Å². The Bertz CT molecular complexity index is 345. The molecule has 2 unspecified atom stereocenters. The summed E-state index contributed by atoms with van der Waals surface area (Å²) in [4.78, 5) is 27.1. The highest BCUT2D eigenvalue weighted by molar-refractivity contribution is 5.88. The van der Waals surface area contributed by atoms with Crippen LogP contribution in [-0.2, 0) is 19.2 Å². The van der Waals surface area contributed by atoms with Crippen molar-refractivity contribution in [3.63, 3.8) is 0 Å². The fourth-order valence-corrected chi connectivity index (χ4v) is 2.08. The highest BCUT2D eigenvalue weighted by Gasteiger charge is 2.63. The molecule has 2 atom stereocenters. The van der Waals surface area contributed by atoms with E-state index in [1.807, 2.05) is 20.8 Å². The first-order valence-electron chi connectivity index (χ1n) is 5.86. The number of hydrogen-bond acceptors (Lipinski definition) is 5. The monoisotopic (exact) mass is 259 g/mol. The van der Waals surface area contributed by atoms with Gasteiger partial charge in [-0.2, -0.15) is 0 Å². The van der Waals surface area contributed by atoms with Gasteiger partial charge in [0.1, 0.15) is 5.54 Å². The number of nitrogens with two attached hydrogens (primary N) is 2. The number of carbonyl (C=O) groups excluding carboxylic acids is 2. The van der Waals surface area contributed by atoms with Gasteiger partial charge in [0.2, 0.25) is 5.91 Å². The van der Waals surface area contributed by atoms with E-state index < -0.39 is 22.8 Å². The van der Waals surface area contributed by atoms with E-state index in [0.717, 1.165) is 0 Å². The normalized spacial score (nSPS) is 29.4. The Morgan fingerprint density at radius 3 is 2.50 bits per heavy atom. The molecule has 0 saturated heterocycles.